The second-order valence-corrected chi connectivity index (χ2v) is 5.80. The molecule has 1 rings (SSSR count). The molecule has 0 N–H and O–H groups in total. The number of nitrogens with zero attached hydrogens (tertiary/aromatic N) is 2. The number of Topliss-reactive ketones (excluding diaryl/α,β-unsaturated/α-hetero) is 1. The molecule has 1 heterocycles. The summed E-state index contributed by atoms with van der Waals surface area (Å²) in [6.45, 7) is 3.40. The molecule has 0 fully saturated rings. The van der Waals surface area contributed by atoms with E-state index in [1.165, 1.54) is 0 Å². The van der Waals surface area contributed by atoms with Crippen molar-refractivity contribution in [1.29, 1.82) is 0 Å². The molecule has 16 heavy (non-hydrogen) atoms. The van der Waals surface area contributed by atoms with Gasteiger partial charge in [-0.1, -0.05) is 12.1 Å². The number of carbonyl (C=O) groups is 1. The van der Waals surface area contributed by atoms with Crippen LogP contribution in [-0.4, -0.2) is 30.6 Å². The number of rotatable bonds is 5. The fourth-order valence-corrected chi connectivity index (χ4v) is 1.77. The van der Waals surface area contributed by atoms with Crippen LogP contribution in [0.3, 0.4) is 0 Å². The Bertz CT molecular complexity index is 477. The molecule has 0 saturated carbocycles. The molecule has 0 saturated heterocycles. The zero-order valence-electron chi connectivity index (χ0n) is 9.43. The zero-order valence-corrected chi connectivity index (χ0v) is 10.2. The van der Waals surface area contributed by atoms with Crippen LogP contribution in [0.1, 0.15) is 37.9 Å². The van der Waals surface area contributed by atoms with Crippen molar-refractivity contribution in [1.82, 2.24) is 10.1 Å². The second kappa shape index (κ2) is 4.73. The average Bonchev–Trinajstić information content (AvgIpc) is 2.61. The minimum absolute atomic E-state index is 0.0189. The molecule has 0 amide bonds. The van der Waals surface area contributed by atoms with E-state index in [1.54, 1.807) is 13.8 Å². The third-order valence-corrected chi connectivity index (χ3v) is 2.86. The highest BCUT2D eigenvalue weighted by Crippen LogP contribution is 2.15. The maximum atomic E-state index is 11.4. The van der Waals surface area contributed by atoms with Gasteiger partial charge >= 0.3 is 0 Å². The molecule has 0 bridgehead atoms. The fraction of sp³-hybridized carbons (Fsp3) is 0.667. The van der Waals surface area contributed by atoms with E-state index in [1.807, 2.05) is 0 Å². The van der Waals surface area contributed by atoms with Gasteiger partial charge < -0.3 is 4.52 Å². The highest BCUT2D eigenvalue weighted by atomic mass is 32.2. The first-order valence-corrected chi connectivity index (χ1v) is 6.92. The molecule has 90 valence electrons. The van der Waals surface area contributed by atoms with Crippen molar-refractivity contribution in [2.45, 2.75) is 31.9 Å². The van der Waals surface area contributed by atoms with Crippen molar-refractivity contribution in [2.75, 3.05) is 6.26 Å². The summed E-state index contributed by atoms with van der Waals surface area (Å²) in [5, 5.41) is 3.52. The molecule has 0 radical (unpaired) electrons. The summed E-state index contributed by atoms with van der Waals surface area (Å²) in [6, 6.07) is 0. The monoisotopic (exact) mass is 246 g/mol. The zero-order chi connectivity index (χ0) is 12.3. The molecule has 6 nitrogen and oxygen atoms in total. The SMILES string of the molecule is CCC(=O)C(C)c1nc(CS(C)(=O)=O)no1. The third kappa shape index (κ3) is 3.41. The number of carbonyl (C=O) groups excluding carboxylic acids is 1. The molecule has 0 aliphatic carbocycles. The van der Waals surface area contributed by atoms with Crippen LogP contribution in [0.4, 0.5) is 0 Å². The summed E-state index contributed by atoms with van der Waals surface area (Å²) in [7, 11) is -3.19. The van der Waals surface area contributed by atoms with Crippen molar-refractivity contribution >= 4 is 15.6 Å². The van der Waals surface area contributed by atoms with Crippen LogP contribution in [0.2, 0.25) is 0 Å². The summed E-state index contributed by atoms with van der Waals surface area (Å²) < 4.78 is 26.8. The van der Waals surface area contributed by atoms with Crippen LogP contribution in [0, 0.1) is 0 Å². The van der Waals surface area contributed by atoms with Crippen LogP contribution in [0.25, 0.3) is 0 Å². The average molecular weight is 246 g/mol. The molecule has 1 unspecified atom stereocenters. The summed E-state index contributed by atoms with van der Waals surface area (Å²) in [6.07, 6.45) is 1.47. The smallest absolute Gasteiger partial charge is 0.236 e. The topological polar surface area (TPSA) is 90.1 Å². The highest BCUT2D eigenvalue weighted by molar-refractivity contribution is 7.89. The van der Waals surface area contributed by atoms with Crippen molar-refractivity contribution < 1.29 is 17.7 Å². The lowest BCUT2D eigenvalue weighted by Crippen LogP contribution is -2.08. The van der Waals surface area contributed by atoms with Gasteiger partial charge in [0.05, 0.1) is 5.92 Å². The Balaban J connectivity index is 2.83. The number of aromatic nitrogens is 2. The van der Waals surface area contributed by atoms with Gasteiger partial charge in [0.15, 0.2) is 15.7 Å². The van der Waals surface area contributed by atoms with E-state index in [-0.39, 0.29) is 23.3 Å². The van der Waals surface area contributed by atoms with Gasteiger partial charge in [-0.3, -0.25) is 4.79 Å². The fourth-order valence-electron chi connectivity index (χ4n) is 1.18. The van der Waals surface area contributed by atoms with Crippen molar-refractivity contribution in [3.05, 3.63) is 11.7 Å². The Morgan fingerprint density at radius 2 is 2.12 bits per heavy atom. The van der Waals surface area contributed by atoms with E-state index >= 15 is 0 Å². The molecule has 0 aliphatic rings. The van der Waals surface area contributed by atoms with Gasteiger partial charge in [-0.2, -0.15) is 4.98 Å². The molecule has 1 atom stereocenters. The van der Waals surface area contributed by atoms with Gasteiger partial charge in [-0.25, -0.2) is 8.42 Å². The van der Waals surface area contributed by atoms with E-state index in [2.05, 4.69) is 10.1 Å². The molecule has 0 spiro atoms. The van der Waals surface area contributed by atoms with Gasteiger partial charge in [0.2, 0.25) is 5.89 Å². The largest absolute Gasteiger partial charge is 0.339 e. The standard InChI is InChI=1S/C9H14N2O4S/c1-4-7(12)6(2)9-10-8(11-15-9)5-16(3,13)14/h6H,4-5H2,1-3H3. The number of hydrogen-bond acceptors (Lipinski definition) is 6. The highest BCUT2D eigenvalue weighted by Gasteiger charge is 2.21. The Morgan fingerprint density at radius 3 is 2.62 bits per heavy atom. The lowest BCUT2D eigenvalue weighted by atomic mass is 10.1. The number of hydrogen-bond donors (Lipinski definition) is 0. The first-order chi connectivity index (χ1) is 7.33. The molecular weight excluding hydrogens is 232 g/mol. The lowest BCUT2D eigenvalue weighted by Gasteiger charge is -2.01. The Hall–Kier alpha value is -1.24. The van der Waals surface area contributed by atoms with Crippen LogP contribution in [0.5, 0.6) is 0 Å². The summed E-state index contributed by atoms with van der Waals surface area (Å²) in [5.41, 5.74) is 0. The Kier molecular flexibility index (Phi) is 3.79. The summed E-state index contributed by atoms with van der Waals surface area (Å²) in [5.74, 6) is -0.511. The Labute approximate surface area is 94.0 Å². The van der Waals surface area contributed by atoms with E-state index in [0.29, 0.717) is 6.42 Å². The second-order valence-electron chi connectivity index (χ2n) is 3.66. The summed E-state index contributed by atoms with van der Waals surface area (Å²) in [4.78, 5) is 15.2. The van der Waals surface area contributed by atoms with Gasteiger partial charge in [0.1, 0.15) is 11.5 Å². The van der Waals surface area contributed by atoms with E-state index in [4.69, 9.17) is 4.52 Å². The lowest BCUT2D eigenvalue weighted by molar-refractivity contribution is -0.120. The van der Waals surface area contributed by atoms with Gasteiger partial charge in [-0.05, 0) is 6.92 Å². The first kappa shape index (κ1) is 12.8. The number of ketones is 1. The van der Waals surface area contributed by atoms with Crippen LogP contribution < -0.4 is 0 Å². The maximum absolute atomic E-state index is 11.4. The molecule has 7 heteroatoms. The Morgan fingerprint density at radius 1 is 1.50 bits per heavy atom. The predicted octanol–water partition coefficient (Wildman–Crippen LogP) is 0.697. The van der Waals surface area contributed by atoms with E-state index in [0.717, 1.165) is 6.26 Å². The van der Waals surface area contributed by atoms with Gasteiger partial charge in [0.25, 0.3) is 0 Å². The molecular formula is C9H14N2O4S. The van der Waals surface area contributed by atoms with E-state index < -0.39 is 15.8 Å². The predicted molar refractivity (Wildman–Crippen MR) is 56.6 cm³/mol. The third-order valence-electron chi connectivity index (χ3n) is 2.08. The normalized spacial score (nSPS) is 13.7. The molecule has 1 aromatic heterocycles. The van der Waals surface area contributed by atoms with Crippen molar-refractivity contribution in [3.8, 4) is 0 Å². The van der Waals surface area contributed by atoms with Crippen LogP contribution >= 0.6 is 0 Å². The van der Waals surface area contributed by atoms with Gasteiger partial charge in [-0.15, -0.1) is 0 Å². The van der Waals surface area contributed by atoms with Crippen LogP contribution in [0.15, 0.2) is 4.52 Å². The minimum atomic E-state index is -3.19. The number of sulfone groups is 1. The summed E-state index contributed by atoms with van der Waals surface area (Å²) >= 11 is 0. The van der Waals surface area contributed by atoms with Crippen molar-refractivity contribution in [2.24, 2.45) is 0 Å². The van der Waals surface area contributed by atoms with E-state index in [9.17, 15) is 13.2 Å². The quantitative estimate of drug-likeness (QED) is 0.759. The van der Waals surface area contributed by atoms with Gasteiger partial charge in [0, 0.05) is 12.7 Å². The van der Waals surface area contributed by atoms with Crippen molar-refractivity contribution in [3.63, 3.8) is 0 Å². The molecule has 0 aromatic carbocycles. The minimum Gasteiger partial charge on any atom is -0.339 e. The van der Waals surface area contributed by atoms with Crippen LogP contribution in [-0.2, 0) is 20.4 Å². The first-order valence-electron chi connectivity index (χ1n) is 4.86. The molecule has 1 aromatic rings. The maximum Gasteiger partial charge on any atom is 0.236 e. The molecule has 0 aliphatic heterocycles.